The van der Waals surface area contributed by atoms with Crippen molar-refractivity contribution >= 4 is 12.1 Å². The van der Waals surface area contributed by atoms with E-state index in [0.29, 0.717) is 11.5 Å². The van der Waals surface area contributed by atoms with Crippen molar-refractivity contribution in [1.29, 1.82) is 0 Å². The van der Waals surface area contributed by atoms with Crippen LogP contribution in [-0.2, 0) is 9.63 Å². The molecular formula is C24H24N2O4. The van der Waals surface area contributed by atoms with Crippen molar-refractivity contribution in [1.82, 2.24) is 5.32 Å². The summed E-state index contributed by atoms with van der Waals surface area (Å²) in [5, 5.41) is 6.89. The fourth-order valence-corrected chi connectivity index (χ4v) is 2.98. The highest BCUT2D eigenvalue weighted by molar-refractivity contribution is 5.81. The van der Waals surface area contributed by atoms with Crippen molar-refractivity contribution in [2.45, 2.75) is 6.04 Å². The summed E-state index contributed by atoms with van der Waals surface area (Å²) in [4.78, 5) is 17.6. The third-order valence-electron chi connectivity index (χ3n) is 4.45. The fraction of sp³-hybridized carbons (Fsp3) is 0.167. The number of nitrogens with one attached hydrogen (secondary N) is 1. The summed E-state index contributed by atoms with van der Waals surface area (Å²) in [7, 11) is 3.14. The lowest BCUT2D eigenvalue weighted by molar-refractivity contribution is -0.126. The zero-order valence-electron chi connectivity index (χ0n) is 16.9. The number of hydrogen-bond donors (Lipinski definition) is 1. The van der Waals surface area contributed by atoms with E-state index in [9.17, 15) is 4.79 Å². The van der Waals surface area contributed by atoms with Gasteiger partial charge in [0, 0.05) is 5.56 Å². The molecule has 0 aliphatic rings. The molecule has 3 aromatic carbocycles. The molecule has 0 aliphatic carbocycles. The topological polar surface area (TPSA) is 69.2 Å². The summed E-state index contributed by atoms with van der Waals surface area (Å²) in [6.45, 7) is -0.194. The summed E-state index contributed by atoms with van der Waals surface area (Å²) in [6, 6.07) is 24.7. The Morgan fingerprint density at radius 1 is 0.900 bits per heavy atom. The Morgan fingerprint density at radius 2 is 1.50 bits per heavy atom. The molecule has 1 N–H and O–H groups in total. The minimum absolute atomic E-state index is 0.194. The molecule has 0 saturated carbocycles. The predicted molar refractivity (Wildman–Crippen MR) is 116 cm³/mol. The van der Waals surface area contributed by atoms with Crippen LogP contribution in [0.3, 0.4) is 0 Å². The van der Waals surface area contributed by atoms with Crippen LogP contribution >= 0.6 is 0 Å². The molecular weight excluding hydrogens is 380 g/mol. The van der Waals surface area contributed by atoms with Crippen LogP contribution in [0.25, 0.3) is 0 Å². The summed E-state index contributed by atoms with van der Waals surface area (Å²) in [5.41, 5.74) is 2.75. The Balaban J connectivity index is 1.60. The van der Waals surface area contributed by atoms with Crippen LogP contribution in [0.15, 0.2) is 84.0 Å². The number of hydrogen-bond acceptors (Lipinski definition) is 5. The number of ether oxygens (including phenoxy) is 2. The average Bonchev–Trinajstić information content (AvgIpc) is 2.81. The summed E-state index contributed by atoms with van der Waals surface area (Å²) < 4.78 is 10.5. The van der Waals surface area contributed by atoms with Crippen LogP contribution in [-0.4, -0.2) is 32.9 Å². The molecule has 0 atom stereocenters. The molecule has 0 saturated heterocycles. The van der Waals surface area contributed by atoms with E-state index in [2.05, 4.69) is 10.5 Å². The summed E-state index contributed by atoms with van der Waals surface area (Å²) in [6.07, 6.45) is 1.51. The Kier molecular flexibility index (Phi) is 7.44. The van der Waals surface area contributed by atoms with Gasteiger partial charge in [-0.1, -0.05) is 65.8 Å². The van der Waals surface area contributed by atoms with Gasteiger partial charge < -0.3 is 19.6 Å². The molecule has 3 rings (SSSR count). The van der Waals surface area contributed by atoms with Crippen molar-refractivity contribution in [2.24, 2.45) is 5.16 Å². The van der Waals surface area contributed by atoms with Crippen molar-refractivity contribution in [3.63, 3.8) is 0 Å². The molecule has 3 aromatic rings. The van der Waals surface area contributed by atoms with Crippen LogP contribution < -0.4 is 14.8 Å². The van der Waals surface area contributed by atoms with Gasteiger partial charge in [-0.2, -0.15) is 0 Å². The summed E-state index contributed by atoms with van der Waals surface area (Å²) in [5.74, 6) is 0.952. The second kappa shape index (κ2) is 10.7. The minimum Gasteiger partial charge on any atom is -0.493 e. The average molecular weight is 404 g/mol. The molecule has 0 unspecified atom stereocenters. The normalized spacial score (nSPS) is 10.8. The van der Waals surface area contributed by atoms with Gasteiger partial charge in [-0.25, -0.2) is 0 Å². The van der Waals surface area contributed by atoms with E-state index >= 15 is 0 Å². The van der Waals surface area contributed by atoms with Gasteiger partial charge in [0.15, 0.2) is 18.1 Å². The molecule has 1 amide bonds. The van der Waals surface area contributed by atoms with Crippen LogP contribution in [0.4, 0.5) is 0 Å². The van der Waals surface area contributed by atoms with Gasteiger partial charge in [-0.3, -0.25) is 4.79 Å². The quantitative estimate of drug-likeness (QED) is 0.433. The maximum atomic E-state index is 12.4. The molecule has 154 valence electrons. The number of carbonyl (C=O) groups excluding carboxylic acids is 1. The maximum Gasteiger partial charge on any atom is 0.261 e. The van der Waals surface area contributed by atoms with Gasteiger partial charge in [-0.05, 0) is 29.3 Å². The van der Waals surface area contributed by atoms with Gasteiger partial charge in [-0.15, -0.1) is 0 Å². The summed E-state index contributed by atoms with van der Waals surface area (Å²) >= 11 is 0. The molecule has 0 aliphatic heterocycles. The first-order chi connectivity index (χ1) is 14.7. The van der Waals surface area contributed by atoms with Crippen molar-refractivity contribution in [2.75, 3.05) is 20.8 Å². The first-order valence-corrected chi connectivity index (χ1v) is 9.48. The smallest absolute Gasteiger partial charge is 0.261 e. The fourth-order valence-electron chi connectivity index (χ4n) is 2.98. The molecule has 0 aromatic heterocycles. The van der Waals surface area contributed by atoms with Crippen LogP contribution in [0, 0.1) is 0 Å². The highest BCUT2D eigenvalue weighted by atomic mass is 16.6. The van der Waals surface area contributed by atoms with Gasteiger partial charge in [0.25, 0.3) is 5.91 Å². The maximum absolute atomic E-state index is 12.4. The third kappa shape index (κ3) is 5.61. The number of rotatable bonds is 9. The van der Waals surface area contributed by atoms with Crippen LogP contribution in [0.1, 0.15) is 22.7 Å². The van der Waals surface area contributed by atoms with E-state index in [0.717, 1.165) is 16.7 Å². The zero-order valence-corrected chi connectivity index (χ0v) is 16.9. The molecule has 0 radical (unpaired) electrons. The van der Waals surface area contributed by atoms with E-state index in [1.54, 1.807) is 26.4 Å². The molecule has 0 heterocycles. The minimum atomic E-state index is -0.267. The number of oxime groups is 1. The second-order valence-electron chi connectivity index (χ2n) is 6.44. The Labute approximate surface area is 176 Å². The number of nitrogens with zero attached hydrogens (tertiary/aromatic N) is 1. The number of amides is 1. The SMILES string of the molecule is COc1ccc(/C=N/OCC(=O)NC(c2ccccc2)c2ccccc2)cc1OC. The number of carbonyl (C=O) groups is 1. The molecule has 0 fully saturated rings. The Hall–Kier alpha value is -3.80. The highest BCUT2D eigenvalue weighted by Crippen LogP contribution is 2.27. The van der Waals surface area contributed by atoms with Crippen molar-refractivity contribution < 1.29 is 19.1 Å². The van der Waals surface area contributed by atoms with Crippen molar-refractivity contribution in [3.8, 4) is 11.5 Å². The third-order valence-corrected chi connectivity index (χ3v) is 4.45. The van der Waals surface area contributed by atoms with Gasteiger partial charge >= 0.3 is 0 Å². The zero-order chi connectivity index (χ0) is 21.2. The lowest BCUT2D eigenvalue weighted by atomic mass is 9.99. The number of methoxy groups -OCH3 is 2. The lowest BCUT2D eigenvalue weighted by Gasteiger charge is -2.19. The van der Waals surface area contributed by atoms with Crippen molar-refractivity contribution in [3.05, 3.63) is 95.6 Å². The first kappa shape index (κ1) is 20.9. The van der Waals surface area contributed by atoms with E-state index in [1.165, 1.54) is 6.21 Å². The van der Waals surface area contributed by atoms with E-state index in [1.807, 2.05) is 66.7 Å². The standard InChI is InChI=1S/C24H24N2O4/c1-28-21-14-13-18(15-22(21)29-2)16-25-30-17-23(27)26-24(19-9-5-3-6-10-19)20-11-7-4-8-12-20/h3-16,24H,17H2,1-2H3,(H,26,27)/b25-16+. The molecule has 30 heavy (non-hydrogen) atoms. The monoisotopic (exact) mass is 404 g/mol. The lowest BCUT2D eigenvalue weighted by Crippen LogP contribution is -2.31. The molecule has 0 bridgehead atoms. The molecule has 6 heteroatoms. The van der Waals surface area contributed by atoms with Gasteiger partial charge in [0.2, 0.25) is 0 Å². The largest absolute Gasteiger partial charge is 0.493 e. The second-order valence-corrected chi connectivity index (χ2v) is 6.44. The first-order valence-electron chi connectivity index (χ1n) is 9.48. The molecule has 0 spiro atoms. The Bertz CT molecular complexity index is 936. The highest BCUT2D eigenvalue weighted by Gasteiger charge is 2.16. The number of benzene rings is 3. The molecule has 6 nitrogen and oxygen atoms in total. The Morgan fingerprint density at radius 3 is 2.07 bits per heavy atom. The van der Waals surface area contributed by atoms with Gasteiger partial charge in [0.1, 0.15) is 0 Å². The van der Waals surface area contributed by atoms with E-state index in [4.69, 9.17) is 14.3 Å². The van der Waals surface area contributed by atoms with Crippen LogP contribution in [0.2, 0.25) is 0 Å². The van der Waals surface area contributed by atoms with E-state index in [-0.39, 0.29) is 18.6 Å². The van der Waals surface area contributed by atoms with E-state index < -0.39 is 0 Å². The predicted octanol–water partition coefficient (Wildman–Crippen LogP) is 3.96. The van der Waals surface area contributed by atoms with Crippen LogP contribution in [0.5, 0.6) is 11.5 Å². The van der Waals surface area contributed by atoms with Gasteiger partial charge in [0.05, 0.1) is 26.5 Å².